The maximum absolute atomic E-state index is 12.9. The van der Waals surface area contributed by atoms with Crippen LogP contribution in [0.15, 0.2) is 61.2 Å². The molecule has 2 atom stereocenters. The van der Waals surface area contributed by atoms with Gasteiger partial charge in [0.15, 0.2) is 5.78 Å². The van der Waals surface area contributed by atoms with Crippen molar-refractivity contribution < 1.29 is 32.5 Å². The highest BCUT2D eigenvalue weighted by Crippen LogP contribution is 2.24. The highest BCUT2D eigenvalue weighted by molar-refractivity contribution is 7.85. The minimum Gasteiger partial charge on any atom is -0.458 e. The lowest BCUT2D eigenvalue weighted by Gasteiger charge is -2.39. The second-order valence-electron chi connectivity index (χ2n) is 8.71. The van der Waals surface area contributed by atoms with Crippen molar-refractivity contribution in [1.29, 1.82) is 0 Å². The minimum atomic E-state index is -1.27. The third-order valence-corrected chi connectivity index (χ3v) is 7.63. The second-order valence-corrected chi connectivity index (χ2v) is 10.3. The predicted molar refractivity (Wildman–Crippen MR) is 139 cm³/mol. The smallest absolute Gasteiger partial charge is 0.338 e. The summed E-state index contributed by atoms with van der Waals surface area (Å²) in [7, 11) is -1.27. The van der Waals surface area contributed by atoms with Crippen LogP contribution >= 0.6 is 0 Å². The van der Waals surface area contributed by atoms with Crippen molar-refractivity contribution in [3.63, 3.8) is 0 Å². The Bertz CT molecular complexity index is 1100. The fraction of sp³-hybridized carbons (Fsp3) is 0.393. The molecule has 1 amide bonds. The number of nitrogens with zero attached hydrogens (tertiary/aromatic N) is 1. The van der Waals surface area contributed by atoms with E-state index in [9.17, 15) is 23.0 Å². The van der Waals surface area contributed by atoms with Crippen LogP contribution in [-0.4, -0.2) is 58.5 Å². The zero-order valence-corrected chi connectivity index (χ0v) is 21.6. The Morgan fingerprint density at radius 2 is 1.73 bits per heavy atom. The van der Waals surface area contributed by atoms with Crippen LogP contribution in [0.3, 0.4) is 0 Å². The van der Waals surface area contributed by atoms with Crippen molar-refractivity contribution in [2.45, 2.75) is 43.2 Å². The highest BCUT2D eigenvalue weighted by Gasteiger charge is 2.39. The van der Waals surface area contributed by atoms with Crippen LogP contribution in [0, 0.1) is 5.82 Å². The third-order valence-electron chi connectivity index (χ3n) is 5.99. The summed E-state index contributed by atoms with van der Waals surface area (Å²) in [5.74, 6) is -0.559. The number of halogens is 1. The molecule has 1 heterocycles. The Kier molecular flexibility index (Phi) is 11.2. The first-order chi connectivity index (χ1) is 17.9. The summed E-state index contributed by atoms with van der Waals surface area (Å²) in [4.78, 5) is 37.6. The van der Waals surface area contributed by atoms with Gasteiger partial charge in [0.1, 0.15) is 17.8 Å². The van der Waals surface area contributed by atoms with Crippen LogP contribution in [0.1, 0.15) is 58.4 Å². The number of esters is 1. The van der Waals surface area contributed by atoms with Crippen LogP contribution in [0.25, 0.3) is 0 Å². The number of unbranched alkanes of at least 4 members (excludes halogenated alkanes) is 2. The highest BCUT2D eigenvalue weighted by atomic mass is 32.2. The number of amides is 1. The molecule has 0 N–H and O–H groups in total. The van der Waals surface area contributed by atoms with E-state index >= 15 is 0 Å². The largest absolute Gasteiger partial charge is 0.458 e. The number of carbonyl (C=O) groups is 3. The number of carbonyl (C=O) groups excluding carboxylic acids is 3. The molecule has 0 spiro atoms. The summed E-state index contributed by atoms with van der Waals surface area (Å²) in [6.07, 6.45) is 4.49. The normalized spacial score (nSPS) is 15.6. The molecule has 1 aliphatic heterocycles. The molecule has 37 heavy (non-hydrogen) atoms. The Balaban J connectivity index is 1.30. The monoisotopic (exact) mass is 529 g/mol. The molecule has 0 radical (unpaired) electrons. The number of ketones is 1. The fourth-order valence-electron chi connectivity index (χ4n) is 3.86. The van der Waals surface area contributed by atoms with Crippen molar-refractivity contribution in [3.8, 4) is 0 Å². The molecule has 0 saturated carbocycles. The van der Waals surface area contributed by atoms with Gasteiger partial charge in [-0.2, -0.15) is 0 Å². The maximum atomic E-state index is 12.9. The molecule has 198 valence electrons. The zero-order chi connectivity index (χ0) is 26.6. The third kappa shape index (κ3) is 8.72. The Hall–Kier alpha value is -3.17. The van der Waals surface area contributed by atoms with E-state index in [0.717, 1.165) is 24.8 Å². The molecule has 9 heteroatoms. The van der Waals surface area contributed by atoms with E-state index in [1.54, 1.807) is 29.2 Å². The minimum absolute atomic E-state index is 0.00165. The molecule has 1 fully saturated rings. The van der Waals surface area contributed by atoms with Crippen molar-refractivity contribution in [1.82, 2.24) is 4.90 Å². The van der Waals surface area contributed by atoms with Crippen LogP contribution in [0.2, 0.25) is 0 Å². The van der Waals surface area contributed by atoms with Crippen LogP contribution in [-0.2, 0) is 30.8 Å². The predicted octanol–water partition coefficient (Wildman–Crippen LogP) is 4.44. The van der Waals surface area contributed by atoms with E-state index in [1.165, 1.54) is 30.3 Å². The van der Waals surface area contributed by atoms with Gasteiger partial charge in [-0.05, 0) is 54.8 Å². The number of rotatable bonds is 16. The quantitative estimate of drug-likeness (QED) is 0.105. The fourth-order valence-corrected chi connectivity index (χ4v) is 5.40. The zero-order valence-electron chi connectivity index (χ0n) is 20.7. The summed E-state index contributed by atoms with van der Waals surface area (Å²) in [5.41, 5.74) is 1.74. The van der Waals surface area contributed by atoms with Gasteiger partial charge in [0.05, 0.1) is 24.3 Å². The number of Topliss-reactive ketones (excluding diaryl/α,β-unsaturated/α-hetero) is 1. The molecule has 0 aromatic heterocycles. The molecule has 1 saturated heterocycles. The van der Waals surface area contributed by atoms with E-state index in [2.05, 4.69) is 6.58 Å². The Morgan fingerprint density at radius 3 is 2.41 bits per heavy atom. The number of hydrogen-bond acceptors (Lipinski definition) is 6. The molecule has 0 aliphatic carbocycles. The summed E-state index contributed by atoms with van der Waals surface area (Å²) in [5, 5.41) is -0.342. The standard InChI is InChI=1S/C28H32FNO6S/c1-2-16-36-28(33)23-9-7-21(8-10-23)20-37(34)27-19-26(32)30(27)15-18-35-17-5-3-4-6-25(31)22-11-13-24(29)14-12-22/h2,7-14,27H,1,3-6,15-20H2. The first kappa shape index (κ1) is 28.4. The lowest BCUT2D eigenvalue weighted by molar-refractivity contribution is -0.142. The van der Waals surface area contributed by atoms with Crippen molar-refractivity contribution in [2.75, 3.05) is 26.4 Å². The Labute approximate surface area is 219 Å². The van der Waals surface area contributed by atoms with Gasteiger partial charge < -0.3 is 14.4 Å². The van der Waals surface area contributed by atoms with Crippen molar-refractivity contribution in [3.05, 3.63) is 83.7 Å². The molecule has 2 unspecified atom stereocenters. The molecular formula is C28H32FNO6S. The average molecular weight is 530 g/mol. The maximum Gasteiger partial charge on any atom is 0.338 e. The van der Waals surface area contributed by atoms with Gasteiger partial charge in [0, 0.05) is 35.9 Å². The lowest BCUT2D eigenvalue weighted by atomic mass is 10.0. The van der Waals surface area contributed by atoms with E-state index in [0.29, 0.717) is 37.3 Å². The first-order valence-corrected chi connectivity index (χ1v) is 13.7. The second kappa shape index (κ2) is 14.5. The number of likely N-dealkylation sites (tertiary alicyclic amines) is 1. The lowest BCUT2D eigenvalue weighted by Crippen LogP contribution is -2.55. The molecule has 2 aromatic rings. The van der Waals surface area contributed by atoms with Gasteiger partial charge in [-0.15, -0.1) is 0 Å². The van der Waals surface area contributed by atoms with Gasteiger partial charge >= 0.3 is 5.97 Å². The molecule has 1 aliphatic rings. The van der Waals surface area contributed by atoms with E-state index in [4.69, 9.17) is 9.47 Å². The molecule has 0 bridgehead atoms. The average Bonchev–Trinajstić information content (AvgIpc) is 2.89. The Morgan fingerprint density at radius 1 is 1.03 bits per heavy atom. The molecule has 7 nitrogen and oxygen atoms in total. The number of hydrogen-bond donors (Lipinski definition) is 0. The van der Waals surface area contributed by atoms with E-state index < -0.39 is 16.8 Å². The number of β-lactam (4-membered cyclic amide) rings is 1. The van der Waals surface area contributed by atoms with Gasteiger partial charge in [-0.25, -0.2) is 9.18 Å². The SMILES string of the molecule is C=CCOC(=O)c1ccc(CS(=O)C2CC(=O)N2CCOCCCCCC(=O)c2ccc(F)cc2)cc1. The van der Waals surface area contributed by atoms with Crippen LogP contribution in [0.4, 0.5) is 4.39 Å². The van der Waals surface area contributed by atoms with Gasteiger partial charge in [-0.1, -0.05) is 31.2 Å². The topological polar surface area (TPSA) is 90.0 Å². The van der Waals surface area contributed by atoms with Gasteiger partial charge in [-0.3, -0.25) is 13.8 Å². The van der Waals surface area contributed by atoms with Crippen LogP contribution < -0.4 is 0 Å². The summed E-state index contributed by atoms with van der Waals surface area (Å²) in [6, 6.07) is 12.3. The first-order valence-electron chi connectivity index (χ1n) is 12.3. The molecule has 3 rings (SSSR count). The van der Waals surface area contributed by atoms with Crippen LogP contribution in [0.5, 0.6) is 0 Å². The summed E-state index contributed by atoms with van der Waals surface area (Å²) < 4.78 is 36.4. The number of benzene rings is 2. The summed E-state index contributed by atoms with van der Waals surface area (Å²) >= 11 is 0. The summed E-state index contributed by atoms with van der Waals surface area (Å²) in [6.45, 7) is 4.90. The molecule has 2 aromatic carbocycles. The van der Waals surface area contributed by atoms with E-state index in [-0.39, 0.29) is 41.7 Å². The van der Waals surface area contributed by atoms with Crippen molar-refractivity contribution in [2.24, 2.45) is 0 Å². The van der Waals surface area contributed by atoms with Gasteiger partial charge in [0.25, 0.3) is 0 Å². The number of ether oxygens (including phenoxy) is 2. The van der Waals surface area contributed by atoms with Gasteiger partial charge in [0.2, 0.25) is 5.91 Å². The van der Waals surface area contributed by atoms with E-state index in [1.807, 2.05) is 0 Å². The molecular weight excluding hydrogens is 497 g/mol. The van der Waals surface area contributed by atoms with Crippen molar-refractivity contribution >= 4 is 28.5 Å².